The Labute approximate surface area is 119 Å². The van der Waals surface area contributed by atoms with Gasteiger partial charge in [0.05, 0.1) is 18.4 Å². The first-order chi connectivity index (χ1) is 10.1. The summed E-state index contributed by atoms with van der Waals surface area (Å²) in [5, 5.41) is 7.03. The van der Waals surface area contributed by atoms with Gasteiger partial charge < -0.3 is 11.1 Å². The molecule has 0 saturated carbocycles. The lowest BCUT2D eigenvalue weighted by molar-refractivity contribution is -0.116. The number of nitrogens with one attached hydrogen (secondary N) is 1. The van der Waals surface area contributed by atoms with E-state index in [9.17, 15) is 9.18 Å². The second-order valence-corrected chi connectivity index (χ2v) is 4.45. The predicted octanol–water partition coefficient (Wildman–Crippen LogP) is 1.43. The van der Waals surface area contributed by atoms with Gasteiger partial charge in [-0.25, -0.2) is 9.37 Å². The number of rotatable bonds is 4. The van der Waals surface area contributed by atoms with Crippen molar-refractivity contribution in [1.82, 2.24) is 14.6 Å². The van der Waals surface area contributed by atoms with Crippen LogP contribution in [0.3, 0.4) is 0 Å². The summed E-state index contributed by atoms with van der Waals surface area (Å²) in [6.07, 6.45) is 1.60. The van der Waals surface area contributed by atoms with Crippen LogP contribution in [-0.4, -0.2) is 27.0 Å². The van der Waals surface area contributed by atoms with Crippen LogP contribution < -0.4 is 11.1 Å². The molecule has 0 aliphatic rings. The van der Waals surface area contributed by atoms with Gasteiger partial charge in [-0.15, -0.1) is 0 Å². The van der Waals surface area contributed by atoms with Gasteiger partial charge in [-0.05, 0) is 24.3 Å². The maximum Gasteiger partial charge on any atom is 0.236 e. The first-order valence-electron chi connectivity index (χ1n) is 6.26. The van der Waals surface area contributed by atoms with Gasteiger partial charge in [0.15, 0.2) is 5.65 Å². The van der Waals surface area contributed by atoms with Crippen molar-refractivity contribution >= 4 is 17.4 Å². The Kier molecular flexibility index (Phi) is 3.23. The second kappa shape index (κ2) is 5.20. The van der Waals surface area contributed by atoms with Crippen LogP contribution in [0.25, 0.3) is 16.9 Å². The molecule has 0 saturated heterocycles. The monoisotopic (exact) mass is 285 g/mol. The van der Waals surface area contributed by atoms with E-state index in [2.05, 4.69) is 15.4 Å². The zero-order chi connectivity index (χ0) is 14.8. The van der Waals surface area contributed by atoms with E-state index in [1.807, 2.05) is 0 Å². The van der Waals surface area contributed by atoms with E-state index in [4.69, 9.17) is 5.73 Å². The third kappa shape index (κ3) is 2.66. The molecule has 106 valence electrons. The molecule has 2 heterocycles. The van der Waals surface area contributed by atoms with Crippen molar-refractivity contribution in [2.24, 2.45) is 5.73 Å². The highest BCUT2D eigenvalue weighted by atomic mass is 19.1. The molecule has 3 rings (SSSR count). The molecule has 1 amide bonds. The molecule has 0 aliphatic carbocycles. The van der Waals surface area contributed by atoms with Gasteiger partial charge in [0, 0.05) is 17.7 Å². The quantitative estimate of drug-likeness (QED) is 0.759. The average molecular weight is 285 g/mol. The number of primary amides is 1. The van der Waals surface area contributed by atoms with E-state index in [1.54, 1.807) is 35.0 Å². The number of halogens is 1. The molecule has 0 radical (unpaired) electrons. The summed E-state index contributed by atoms with van der Waals surface area (Å²) in [4.78, 5) is 15.4. The lowest BCUT2D eigenvalue weighted by Gasteiger charge is -2.09. The summed E-state index contributed by atoms with van der Waals surface area (Å²) in [7, 11) is 0. The lowest BCUT2D eigenvalue weighted by Crippen LogP contribution is -2.23. The molecule has 2 aromatic heterocycles. The molecule has 0 aliphatic heterocycles. The summed E-state index contributed by atoms with van der Waals surface area (Å²) in [6.45, 7) is -0.0121. The minimum atomic E-state index is -0.476. The number of nitrogens with zero attached hydrogens (tertiary/aromatic N) is 3. The SMILES string of the molecule is NC(=O)CNc1cc(-c2ccc(F)cc2)nc2ccnn12. The van der Waals surface area contributed by atoms with Crippen molar-refractivity contribution in [3.8, 4) is 11.3 Å². The number of carbonyl (C=O) groups is 1. The first-order valence-corrected chi connectivity index (χ1v) is 6.26. The third-order valence-electron chi connectivity index (χ3n) is 2.94. The van der Waals surface area contributed by atoms with E-state index < -0.39 is 5.91 Å². The van der Waals surface area contributed by atoms with Crippen molar-refractivity contribution in [2.45, 2.75) is 0 Å². The normalized spacial score (nSPS) is 10.7. The van der Waals surface area contributed by atoms with Gasteiger partial charge in [0.1, 0.15) is 11.6 Å². The molecule has 0 unspecified atom stereocenters. The number of hydrogen-bond acceptors (Lipinski definition) is 4. The maximum absolute atomic E-state index is 13.0. The van der Waals surface area contributed by atoms with Crippen LogP contribution in [0.1, 0.15) is 0 Å². The van der Waals surface area contributed by atoms with Gasteiger partial charge in [0.25, 0.3) is 0 Å². The Hall–Kier alpha value is -2.96. The molecule has 0 spiro atoms. The first kappa shape index (κ1) is 13.0. The summed E-state index contributed by atoms with van der Waals surface area (Å²) < 4.78 is 14.6. The number of fused-ring (bicyclic) bond motifs is 1. The Morgan fingerprint density at radius 2 is 2.05 bits per heavy atom. The molecule has 21 heavy (non-hydrogen) atoms. The number of anilines is 1. The minimum Gasteiger partial charge on any atom is -0.368 e. The van der Waals surface area contributed by atoms with Gasteiger partial charge >= 0.3 is 0 Å². The standard InChI is InChI=1S/C14H12FN5O/c15-10-3-1-9(2-4-10)11-7-14(17-8-12(16)21)20-13(19-11)5-6-18-20/h1-7,17H,8H2,(H2,16,21). The van der Waals surface area contributed by atoms with E-state index in [1.165, 1.54) is 12.1 Å². The van der Waals surface area contributed by atoms with Crippen molar-refractivity contribution in [3.05, 3.63) is 48.4 Å². The van der Waals surface area contributed by atoms with E-state index in [-0.39, 0.29) is 12.4 Å². The van der Waals surface area contributed by atoms with Crippen molar-refractivity contribution in [1.29, 1.82) is 0 Å². The molecule has 6 nitrogen and oxygen atoms in total. The molecular formula is C14H12FN5O. The van der Waals surface area contributed by atoms with Crippen molar-refractivity contribution in [3.63, 3.8) is 0 Å². The Bertz CT molecular complexity index is 797. The molecule has 0 bridgehead atoms. The maximum atomic E-state index is 13.0. The predicted molar refractivity (Wildman–Crippen MR) is 76.1 cm³/mol. The van der Waals surface area contributed by atoms with Gasteiger partial charge in [-0.1, -0.05) is 0 Å². The Morgan fingerprint density at radius 1 is 1.29 bits per heavy atom. The summed E-state index contributed by atoms with van der Waals surface area (Å²) >= 11 is 0. The summed E-state index contributed by atoms with van der Waals surface area (Å²) in [5.41, 5.74) is 7.17. The average Bonchev–Trinajstić information content (AvgIpc) is 2.93. The minimum absolute atomic E-state index is 0.0121. The number of amides is 1. The molecule has 0 fully saturated rings. The highest BCUT2D eigenvalue weighted by Crippen LogP contribution is 2.22. The summed E-state index contributed by atoms with van der Waals surface area (Å²) in [5.74, 6) is -0.199. The Balaban J connectivity index is 2.07. The van der Waals surface area contributed by atoms with Crippen LogP contribution in [0.2, 0.25) is 0 Å². The van der Waals surface area contributed by atoms with Gasteiger partial charge in [0.2, 0.25) is 5.91 Å². The lowest BCUT2D eigenvalue weighted by atomic mass is 10.1. The summed E-state index contributed by atoms with van der Waals surface area (Å²) in [6, 6.07) is 9.49. The molecule has 3 aromatic rings. The van der Waals surface area contributed by atoms with Crippen LogP contribution in [0.5, 0.6) is 0 Å². The van der Waals surface area contributed by atoms with Crippen LogP contribution in [0.4, 0.5) is 10.2 Å². The highest BCUT2D eigenvalue weighted by molar-refractivity contribution is 5.79. The molecular weight excluding hydrogens is 273 g/mol. The number of benzene rings is 1. The van der Waals surface area contributed by atoms with E-state index in [0.717, 1.165) is 5.56 Å². The number of carbonyl (C=O) groups excluding carboxylic acids is 1. The highest BCUT2D eigenvalue weighted by Gasteiger charge is 2.08. The molecule has 3 N–H and O–H groups in total. The number of hydrogen-bond donors (Lipinski definition) is 2. The van der Waals surface area contributed by atoms with Gasteiger partial charge in [-0.3, -0.25) is 4.79 Å². The number of aromatic nitrogens is 3. The Morgan fingerprint density at radius 3 is 2.76 bits per heavy atom. The molecule has 1 aromatic carbocycles. The van der Waals surface area contributed by atoms with Crippen molar-refractivity contribution < 1.29 is 9.18 Å². The van der Waals surface area contributed by atoms with Crippen LogP contribution >= 0.6 is 0 Å². The van der Waals surface area contributed by atoms with Crippen LogP contribution in [-0.2, 0) is 4.79 Å². The van der Waals surface area contributed by atoms with Crippen LogP contribution in [0.15, 0.2) is 42.6 Å². The fraction of sp³-hybridized carbons (Fsp3) is 0.0714. The van der Waals surface area contributed by atoms with Crippen LogP contribution in [0, 0.1) is 5.82 Å². The fourth-order valence-corrected chi connectivity index (χ4v) is 1.99. The topological polar surface area (TPSA) is 85.3 Å². The zero-order valence-corrected chi connectivity index (χ0v) is 11.0. The number of nitrogens with two attached hydrogens (primary N) is 1. The largest absolute Gasteiger partial charge is 0.368 e. The second-order valence-electron chi connectivity index (χ2n) is 4.45. The van der Waals surface area contributed by atoms with E-state index in [0.29, 0.717) is 17.2 Å². The zero-order valence-electron chi connectivity index (χ0n) is 11.0. The third-order valence-corrected chi connectivity index (χ3v) is 2.94. The molecule has 7 heteroatoms. The van der Waals surface area contributed by atoms with Crippen molar-refractivity contribution in [2.75, 3.05) is 11.9 Å². The van der Waals surface area contributed by atoms with Gasteiger partial charge in [-0.2, -0.15) is 9.61 Å². The van der Waals surface area contributed by atoms with E-state index >= 15 is 0 Å². The smallest absolute Gasteiger partial charge is 0.236 e. The molecule has 0 atom stereocenters. The fourth-order valence-electron chi connectivity index (χ4n) is 1.99.